The van der Waals surface area contributed by atoms with Crippen LogP contribution < -0.4 is 20.1 Å². The number of nitrogens with zero attached hydrogens (tertiary/aromatic N) is 1. The van der Waals surface area contributed by atoms with E-state index in [0.717, 1.165) is 29.7 Å². The van der Waals surface area contributed by atoms with Crippen LogP contribution in [0.15, 0.2) is 23.2 Å². The lowest BCUT2D eigenvalue weighted by Gasteiger charge is -2.25. The topological polar surface area (TPSA) is 91.8 Å². The number of aliphatic imine (C=N–C) groups is 1. The molecule has 0 aliphatic heterocycles. The normalized spacial score (nSPS) is 16.5. The third-order valence-electron chi connectivity index (χ3n) is 4.91. The zero-order chi connectivity index (χ0) is 19.9. The first-order valence-electron chi connectivity index (χ1n) is 9.43. The minimum absolute atomic E-state index is 0.0164. The molecule has 152 valence electrons. The molecule has 1 aliphatic rings. The molecule has 1 unspecified atom stereocenters. The lowest BCUT2D eigenvalue weighted by atomic mass is 9.86. The maximum absolute atomic E-state index is 12.1. The van der Waals surface area contributed by atoms with E-state index in [4.69, 9.17) is 4.74 Å². The number of aryl methyl sites for hydroxylation is 1. The summed E-state index contributed by atoms with van der Waals surface area (Å²) in [5.41, 5.74) is 2.17. The molecular formula is C19H32N4O3S. The number of guanidine groups is 1. The highest BCUT2D eigenvalue weighted by molar-refractivity contribution is 7.89. The van der Waals surface area contributed by atoms with Crippen molar-refractivity contribution < 1.29 is 13.2 Å². The Morgan fingerprint density at radius 3 is 2.70 bits per heavy atom. The molecule has 2 rings (SSSR count). The number of benzene rings is 1. The summed E-state index contributed by atoms with van der Waals surface area (Å²) in [5.74, 6) is 1.88. The zero-order valence-corrected chi connectivity index (χ0v) is 17.5. The Balaban J connectivity index is 1.83. The van der Waals surface area contributed by atoms with Gasteiger partial charge in [0, 0.05) is 25.7 Å². The fourth-order valence-electron chi connectivity index (χ4n) is 2.99. The van der Waals surface area contributed by atoms with Crippen LogP contribution in [0.25, 0.3) is 0 Å². The van der Waals surface area contributed by atoms with Gasteiger partial charge in [-0.1, -0.05) is 24.1 Å². The summed E-state index contributed by atoms with van der Waals surface area (Å²) in [6.07, 6.45) is 3.45. The summed E-state index contributed by atoms with van der Waals surface area (Å²) >= 11 is 0. The van der Waals surface area contributed by atoms with Crippen molar-refractivity contribution in [2.75, 3.05) is 33.0 Å². The van der Waals surface area contributed by atoms with E-state index in [9.17, 15) is 8.42 Å². The average Bonchev–Trinajstić information content (AvgIpc) is 2.59. The predicted octanol–water partition coefficient (Wildman–Crippen LogP) is 1.95. The predicted molar refractivity (Wildman–Crippen MR) is 110 cm³/mol. The van der Waals surface area contributed by atoms with Crippen LogP contribution in [0.4, 0.5) is 0 Å². The molecule has 0 radical (unpaired) electrons. The maximum atomic E-state index is 12.1. The van der Waals surface area contributed by atoms with Crippen LogP contribution in [0.2, 0.25) is 0 Å². The largest absolute Gasteiger partial charge is 0.496 e. The molecule has 27 heavy (non-hydrogen) atoms. The van der Waals surface area contributed by atoms with Gasteiger partial charge < -0.3 is 15.4 Å². The summed E-state index contributed by atoms with van der Waals surface area (Å²) in [5, 5.41) is 6.36. The SMILES string of the molecule is CN=C(NCCS(=O)(=O)NCC1CCC1)NC(C)c1cc(C)ccc1OC. The Kier molecular flexibility index (Phi) is 7.91. The second-order valence-electron chi connectivity index (χ2n) is 7.07. The number of methoxy groups -OCH3 is 1. The fourth-order valence-corrected chi connectivity index (χ4v) is 3.99. The standard InChI is InChI=1S/C19H32N4O3S/c1-14-8-9-18(26-4)17(12-14)15(2)23-19(20-3)21-10-11-27(24,25)22-13-16-6-5-7-16/h8-9,12,15-16,22H,5-7,10-11,13H2,1-4H3,(H2,20,21,23). The van der Waals surface area contributed by atoms with E-state index in [1.165, 1.54) is 6.42 Å². The zero-order valence-electron chi connectivity index (χ0n) is 16.7. The Hall–Kier alpha value is -1.80. The minimum atomic E-state index is -3.27. The molecular weight excluding hydrogens is 364 g/mol. The quantitative estimate of drug-likeness (QED) is 0.438. The van der Waals surface area contributed by atoms with Gasteiger partial charge in [0.15, 0.2) is 5.96 Å². The van der Waals surface area contributed by atoms with Crippen LogP contribution in [0.3, 0.4) is 0 Å². The first-order chi connectivity index (χ1) is 12.8. The Morgan fingerprint density at radius 2 is 2.11 bits per heavy atom. The van der Waals surface area contributed by atoms with Crippen molar-refractivity contribution in [2.45, 2.75) is 39.2 Å². The van der Waals surface area contributed by atoms with E-state index in [1.54, 1.807) is 14.2 Å². The highest BCUT2D eigenvalue weighted by atomic mass is 32.2. The molecule has 0 amide bonds. The number of sulfonamides is 1. The summed E-state index contributed by atoms with van der Waals surface area (Å²) in [4.78, 5) is 4.19. The average molecular weight is 397 g/mol. The molecule has 1 aromatic rings. The third-order valence-corrected chi connectivity index (χ3v) is 6.26. The summed E-state index contributed by atoms with van der Waals surface area (Å²) in [6.45, 7) is 4.89. The van der Waals surface area contributed by atoms with Gasteiger partial charge in [0.25, 0.3) is 0 Å². The van der Waals surface area contributed by atoms with Gasteiger partial charge in [0.05, 0.1) is 18.9 Å². The van der Waals surface area contributed by atoms with Crippen molar-refractivity contribution in [3.63, 3.8) is 0 Å². The highest BCUT2D eigenvalue weighted by Gasteiger charge is 2.20. The van der Waals surface area contributed by atoms with E-state index in [0.29, 0.717) is 18.4 Å². The molecule has 1 atom stereocenters. The number of nitrogens with one attached hydrogen (secondary N) is 3. The maximum Gasteiger partial charge on any atom is 0.213 e. The van der Waals surface area contributed by atoms with Gasteiger partial charge in [0.2, 0.25) is 10.0 Å². The Morgan fingerprint density at radius 1 is 1.37 bits per heavy atom. The molecule has 1 fully saturated rings. The number of hydrogen-bond acceptors (Lipinski definition) is 4. The smallest absolute Gasteiger partial charge is 0.213 e. The molecule has 3 N–H and O–H groups in total. The minimum Gasteiger partial charge on any atom is -0.496 e. The van der Waals surface area contributed by atoms with Gasteiger partial charge in [-0.3, -0.25) is 4.99 Å². The molecule has 1 aliphatic carbocycles. The number of ether oxygens (including phenoxy) is 1. The molecule has 8 heteroatoms. The van der Waals surface area contributed by atoms with E-state index < -0.39 is 10.0 Å². The second-order valence-corrected chi connectivity index (χ2v) is 9.00. The van der Waals surface area contributed by atoms with Crippen LogP contribution in [0, 0.1) is 12.8 Å². The van der Waals surface area contributed by atoms with Gasteiger partial charge in [-0.05, 0) is 38.7 Å². The first-order valence-corrected chi connectivity index (χ1v) is 11.1. The summed E-state index contributed by atoms with van der Waals surface area (Å²) in [7, 11) is 0.0449. The molecule has 7 nitrogen and oxygen atoms in total. The summed E-state index contributed by atoms with van der Waals surface area (Å²) in [6, 6.07) is 5.97. The fraction of sp³-hybridized carbons (Fsp3) is 0.632. The van der Waals surface area contributed by atoms with Crippen LogP contribution in [0.5, 0.6) is 5.75 Å². The molecule has 0 heterocycles. The van der Waals surface area contributed by atoms with E-state index in [1.807, 2.05) is 26.0 Å². The summed E-state index contributed by atoms with van der Waals surface area (Å²) < 4.78 is 32.3. The van der Waals surface area contributed by atoms with Gasteiger partial charge in [-0.15, -0.1) is 0 Å². The van der Waals surface area contributed by atoms with Crippen molar-refractivity contribution in [1.82, 2.24) is 15.4 Å². The van der Waals surface area contributed by atoms with Gasteiger partial charge in [-0.2, -0.15) is 0 Å². The van der Waals surface area contributed by atoms with Crippen LogP contribution >= 0.6 is 0 Å². The Labute approximate surface area is 163 Å². The van der Waals surface area contributed by atoms with E-state index >= 15 is 0 Å². The highest BCUT2D eigenvalue weighted by Crippen LogP contribution is 2.26. The number of hydrogen-bond donors (Lipinski definition) is 3. The molecule has 0 bridgehead atoms. The molecule has 1 aromatic carbocycles. The van der Waals surface area contributed by atoms with Crippen molar-refractivity contribution >= 4 is 16.0 Å². The lowest BCUT2D eigenvalue weighted by Crippen LogP contribution is -2.42. The molecule has 0 aromatic heterocycles. The van der Waals surface area contributed by atoms with Crippen LogP contribution in [-0.4, -0.2) is 47.4 Å². The van der Waals surface area contributed by atoms with E-state index in [-0.39, 0.29) is 18.3 Å². The second kappa shape index (κ2) is 9.94. The van der Waals surface area contributed by atoms with Crippen LogP contribution in [-0.2, 0) is 10.0 Å². The van der Waals surface area contributed by atoms with Crippen molar-refractivity contribution in [3.05, 3.63) is 29.3 Å². The molecule has 0 spiro atoms. The third kappa shape index (κ3) is 6.70. The monoisotopic (exact) mass is 396 g/mol. The lowest BCUT2D eigenvalue weighted by molar-refractivity contribution is 0.316. The van der Waals surface area contributed by atoms with Crippen molar-refractivity contribution in [3.8, 4) is 5.75 Å². The molecule has 0 saturated heterocycles. The molecule has 1 saturated carbocycles. The van der Waals surface area contributed by atoms with Crippen molar-refractivity contribution in [2.24, 2.45) is 10.9 Å². The Bertz CT molecular complexity index is 745. The van der Waals surface area contributed by atoms with Gasteiger partial charge in [0.1, 0.15) is 5.75 Å². The number of rotatable bonds is 9. The first kappa shape index (κ1) is 21.5. The van der Waals surface area contributed by atoms with Gasteiger partial charge in [-0.25, -0.2) is 13.1 Å². The van der Waals surface area contributed by atoms with Crippen LogP contribution in [0.1, 0.15) is 43.4 Å². The van der Waals surface area contributed by atoms with Gasteiger partial charge >= 0.3 is 0 Å². The van der Waals surface area contributed by atoms with E-state index in [2.05, 4.69) is 26.4 Å². The van der Waals surface area contributed by atoms with Crippen molar-refractivity contribution in [1.29, 1.82) is 0 Å².